The summed E-state index contributed by atoms with van der Waals surface area (Å²) in [7, 11) is 0. The molecule has 0 spiro atoms. The van der Waals surface area contributed by atoms with E-state index in [-0.39, 0.29) is 11.3 Å². The largest absolute Gasteiger partial charge is 0.357 e. The maximum Gasteiger partial charge on any atom is 0.225 e. The Balaban J connectivity index is 2.39. The molecule has 0 aliphatic carbocycles. The lowest BCUT2D eigenvalue weighted by atomic mass is 9.96. The molecule has 1 atom stereocenters. The van der Waals surface area contributed by atoms with Crippen molar-refractivity contribution in [2.45, 2.75) is 40.5 Å². The fourth-order valence-corrected chi connectivity index (χ4v) is 2.64. The zero-order valence-corrected chi connectivity index (χ0v) is 15.7. The van der Waals surface area contributed by atoms with Crippen LogP contribution >= 0.6 is 11.3 Å². The average Bonchev–Trinajstić information content (AvgIpc) is 3.01. The second-order valence-corrected chi connectivity index (χ2v) is 7.39. The van der Waals surface area contributed by atoms with Gasteiger partial charge in [-0.2, -0.15) is 11.3 Å². The molecule has 130 valence electrons. The van der Waals surface area contributed by atoms with Gasteiger partial charge < -0.3 is 16.0 Å². The van der Waals surface area contributed by atoms with Gasteiger partial charge in [-0.1, -0.05) is 27.7 Å². The quantitative estimate of drug-likeness (QED) is 0.407. The van der Waals surface area contributed by atoms with E-state index in [4.69, 9.17) is 0 Å². The number of aliphatic imine (C=N–C) groups is 1. The lowest BCUT2D eigenvalue weighted by Gasteiger charge is -2.18. The summed E-state index contributed by atoms with van der Waals surface area (Å²) in [4.78, 5) is 16.4. The van der Waals surface area contributed by atoms with Crippen LogP contribution in [-0.4, -0.2) is 38.0 Å². The molecule has 0 bridgehead atoms. The van der Waals surface area contributed by atoms with Gasteiger partial charge in [0, 0.05) is 37.5 Å². The van der Waals surface area contributed by atoms with Gasteiger partial charge in [0.15, 0.2) is 5.96 Å². The highest BCUT2D eigenvalue weighted by Gasteiger charge is 2.20. The van der Waals surface area contributed by atoms with Crippen LogP contribution in [0, 0.1) is 5.41 Å². The van der Waals surface area contributed by atoms with E-state index in [9.17, 15) is 4.79 Å². The van der Waals surface area contributed by atoms with Crippen molar-refractivity contribution in [2.24, 2.45) is 10.4 Å². The van der Waals surface area contributed by atoms with Crippen LogP contribution in [0.2, 0.25) is 0 Å². The molecule has 0 aliphatic heterocycles. The smallest absolute Gasteiger partial charge is 0.225 e. The van der Waals surface area contributed by atoms with Crippen LogP contribution in [0.4, 0.5) is 0 Å². The first-order valence-electron chi connectivity index (χ1n) is 8.17. The third kappa shape index (κ3) is 7.50. The lowest BCUT2D eigenvalue weighted by Crippen LogP contribution is -2.43. The normalized spacial score (nSPS) is 13.5. The van der Waals surface area contributed by atoms with Gasteiger partial charge >= 0.3 is 0 Å². The summed E-state index contributed by atoms with van der Waals surface area (Å²) in [6.07, 6.45) is 0. The number of rotatable bonds is 7. The summed E-state index contributed by atoms with van der Waals surface area (Å²) in [5, 5.41) is 13.7. The molecule has 1 amide bonds. The summed E-state index contributed by atoms with van der Waals surface area (Å²) in [6.45, 7) is 12.7. The van der Waals surface area contributed by atoms with Crippen molar-refractivity contribution in [3.8, 4) is 0 Å². The zero-order chi connectivity index (χ0) is 17.3. The molecule has 5 nitrogen and oxygen atoms in total. The number of guanidine groups is 1. The van der Waals surface area contributed by atoms with Crippen molar-refractivity contribution in [1.82, 2.24) is 16.0 Å². The molecule has 0 fully saturated rings. The first-order valence-corrected chi connectivity index (χ1v) is 9.11. The summed E-state index contributed by atoms with van der Waals surface area (Å²) >= 11 is 1.71. The van der Waals surface area contributed by atoms with Crippen molar-refractivity contribution in [3.05, 3.63) is 22.4 Å². The highest BCUT2D eigenvalue weighted by molar-refractivity contribution is 7.07. The van der Waals surface area contributed by atoms with Gasteiger partial charge in [0.05, 0.1) is 0 Å². The van der Waals surface area contributed by atoms with Crippen LogP contribution < -0.4 is 16.0 Å². The molecule has 1 aromatic rings. The maximum absolute atomic E-state index is 11.8. The Kier molecular flexibility index (Phi) is 8.09. The van der Waals surface area contributed by atoms with Gasteiger partial charge in [-0.3, -0.25) is 9.79 Å². The third-order valence-electron chi connectivity index (χ3n) is 3.36. The van der Waals surface area contributed by atoms with Crippen molar-refractivity contribution >= 4 is 23.2 Å². The number of nitrogens with zero attached hydrogens (tertiary/aromatic N) is 1. The molecule has 1 heterocycles. The molecular weight excluding hydrogens is 308 g/mol. The minimum atomic E-state index is -0.353. The molecule has 0 saturated carbocycles. The molecular formula is C17H30N4OS. The minimum absolute atomic E-state index is 0.0623. The van der Waals surface area contributed by atoms with Gasteiger partial charge in [0.1, 0.15) is 0 Å². The van der Waals surface area contributed by atoms with E-state index < -0.39 is 0 Å². The molecule has 0 saturated heterocycles. The molecule has 6 heteroatoms. The summed E-state index contributed by atoms with van der Waals surface area (Å²) < 4.78 is 0. The van der Waals surface area contributed by atoms with E-state index in [1.165, 1.54) is 5.56 Å². The number of carbonyl (C=O) groups is 1. The van der Waals surface area contributed by atoms with Crippen LogP contribution in [0.1, 0.15) is 46.1 Å². The standard InChI is InChI=1S/C17H30N4OS/c1-6-18-16(20-9-8-19-15(22)17(3,4)5)21-11-13(2)14-7-10-23-12-14/h7,10,12-13H,6,8-9,11H2,1-5H3,(H,19,22)(H2,18,20,21). The highest BCUT2D eigenvalue weighted by atomic mass is 32.1. The molecule has 1 unspecified atom stereocenters. The topological polar surface area (TPSA) is 65.5 Å². The SMILES string of the molecule is CCNC(=NCC(C)c1ccsc1)NCCNC(=O)C(C)(C)C. The predicted octanol–water partition coefficient (Wildman–Crippen LogP) is 2.57. The summed E-state index contributed by atoms with van der Waals surface area (Å²) in [5.74, 6) is 1.25. The number of hydrogen-bond donors (Lipinski definition) is 3. The minimum Gasteiger partial charge on any atom is -0.357 e. The van der Waals surface area contributed by atoms with Crippen LogP contribution in [0.3, 0.4) is 0 Å². The number of hydrogen-bond acceptors (Lipinski definition) is 3. The Bertz CT molecular complexity index is 491. The average molecular weight is 339 g/mol. The van der Waals surface area contributed by atoms with E-state index in [1.807, 2.05) is 27.7 Å². The van der Waals surface area contributed by atoms with Gasteiger partial charge in [-0.25, -0.2) is 0 Å². The molecule has 3 N–H and O–H groups in total. The van der Waals surface area contributed by atoms with Gasteiger partial charge in [0.2, 0.25) is 5.91 Å². The first-order chi connectivity index (χ1) is 10.8. The lowest BCUT2D eigenvalue weighted by molar-refractivity contribution is -0.128. The molecule has 0 radical (unpaired) electrons. The Morgan fingerprint density at radius 2 is 1.96 bits per heavy atom. The van der Waals surface area contributed by atoms with Gasteiger partial charge in [0.25, 0.3) is 0 Å². The van der Waals surface area contributed by atoms with Crippen molar-refractivity contribution in [2.75, 3.05) is 26.2 Å². The van der Waals surface area contributed by atoms with Crippen LogP contribution in [-0.2, 0) is 4.79 Å². The van der Waals surface area contributed by atoms with Crippen LogP contribution in [0.5, 0.6) is 0 Å². The Hall–Kier alpha value is -1.56. The fraction of sp³-hybridized carbons (Fsp3) is 0.647. The monoisotopic (exact) mass is 338 g/mol. The van der Waals surface area contributed by atoms with Crippen molar-refractivity contribution in [3.63, 3.8) is 0 Å². The second kappa shape index (κ2) is 9.55. The van der Waals surface area contributed by atoms with E-state index >= 15 is 0 Å². The number of amides is 1. The van der Waals surface area contributed by atoms with E-state index in [2.05, 4.69) is 44.7 Å². The van der Waals surface area contributed by atoms with Crippen molar-refractivity contribution < 1.29 is 4.79 Å². The first kappa shape index (κ1) is 19.5. The predicted molar refractivity (Wildman–Crippen MR) is 99.2 cm³/mol. The molecule has 1 rings (SSSR count). The third-order valence-corrected chi connectivity index (χ3v) is 4.07. The Morgan fingerprint density at radius 1 is 1.26 bits per heavy atom. The molecule has 23 heavy (non-hydrogen) atoms. The van der Waals surface area contributed by atoms with E-state index in [0.717, 1.165) is 19.0 Å². The zero-order valence-electron chi connectivity index (χ0n) is 14.9. The Morgan fingerprint density at radius 3 is 2.52 bits per heavy atom. The number of thiophene rings is 1. The fourth-order valence-electron chi connectivity index (χ4n) is 1.85. The van der Waals surface area contributed by atoms with Gasteiger partial charge in [-0.05, 0) is 29.3 Å². The number of nitrogens with one attached hydrogen (secondary N) is 3. The maximum atomic E-state index is 11.8. The van der Waals surface area contributed by atoms with Crippen LogP contribution in [0.15, 0.2) is 21.8 Å². The molecule has 1 aromatic heterocycles. The summed E-state index contributed by atoms with van der Waals surface area (Å²) in [6, 6.07) is 2.15. The van der Waals surface area contributed by atoms with Crippen LogP contribution in [0.25, 0.3) is 0 Å². The van der Waals surface area contributed by atoms with E-state index in [1.54, 1.807) is 11.3 Å². The van der Waals surface area contributed by atoms with Gasteiger partial charge in [-0.15, -0.1) is 0 Å². The second-order valence-electron chi connectivity index (χ2n) is 6.61. The highest BCUT2D eigenvalue weighted by Crippen LogP contribution is 2.18. The Labute approximate surface area is 144 Å². The summed E-state index contributed by atoms with van der Waals surface area (Å²) in [5.41, 5.74) is 0.973. The van der Waals surface area contributed by atoms with E-state index in [0.29, 0.717) is 19.0 Å². The number of carbonyl (C=O) groups excluding carboxylic acids is 1. The van der Waals surface area contributed by atoms with Crippen molar-refractivity contribution in [1.29, 1.82) is 0 Å². The molecule has 0 aromatic carbocycles. The molecule has 0 aliphatic rings.